The van der Waals surface area contributed by atoms with E-state index in [0.29, 0.717) is 6.54 Å². The summed E-state index contributed by atoms with van der Waals surface area (Å²) in [4.78, 5) is 5.15. The molecule has 2 rings (SSSR count). The predicted octanol–water partition coefficient (Wildman–Crippen LogP) is 2.33. The molecule has 0 saturated carbocycles. The van der Waals surface area contributed by atoms with Crippen molar-refractivity contribution in [2.45, 2.75) is 37.7 Å². The van der Waals surface area contributed by atoms with Crippen LogP contribution >= 0.6 is 0 Å². The molecule has 90 valence electrons. The van der Waals surface area contributed by atoms with Crippen LogP contribution in [-0.4, -0.2) is 43.3 Å². The third kappa shape index (κ3) is 2.88. The zero-order valence-electron chi connectivity index (χ0n) is 9.77. The maximum absolute atomic E-state index is 8.21. The minimum absolute atomic E-state index is 0.188. The second-order valence-corrected chi connectivity index (χ2v) is 4.78. The zero-order chi connectivity index (χ0) is 11.3. The molecule has 0 radical (unpaired) electrons. The van der Waals surface area contributed by atoms with Crippen molar-refractivity contribution in [1.82, 2.24) is 4.90 Å². The highest BCUT2D eigenvalue weighted by atomic mass is 16.5. The van der Waals surface area contributed by atoms with Crippen LogP contribution in [0.4, 0.5) is 0 Å². The third-order valence-electron chi connectivity index (χ3n) is 3.78. The van der Waals surface area contributed by atoms with Crippen molar-refractivity contribution in [3.63, 3.8) is 0 Å². The molecule has 16 heavy (non-hydrogen) atoms. The van der Waals surface area contributed by atoms with Crippen LogP contribution in [0, 0.1) is 0 Å². The van der Waals surface area contributed by atoms with Crippen molar-refractivity contribution in [3.8, 4) is 0 Å². The largest absolute Gasteiger partial charge is 0.375 e. The van der Waals surface area contributed by atoms with E-state index < -0.39 is 0 Å². The molecule has 0 aromatic carbocycles. The third-order valence-corrected chi connectivity index (χ3v) is 3.78. The van der Waals surface area contributed by atoms with Crippen LogP contribution in [0.3, 0.4) is 0 Å². The van der Waals surface area contributed by atoms with Crippen molar-refractivity contribution in [2.24, 2.45) is 5.11 Å². The Morgan fingerprint density at radius 2 is 2.06 bits per heavy atom. The predicted molar refractivity (Wildman–Crippen MR) is 62.2 cm³/mol. The summed E-state index contributed by atoms with van der Waals surface area (Å²) in [6, 6.07) is 0. The van der Waals surface area contributed by atoms with Gasteiger partial charge in [-0.3, -0.25) is 0 Å². The van der Waals surface area contributed by atoms with E-state index in [9.17, 15) is 0 Å². The van der Waals surface area contributed by atoms with Crippen LogP contribution in [0.25, 0.3) is 10.4 Å². The van der Waals surface area contributed by atoms with Crippen LogP contribution in [0.15, 0.2) is 5.11 Å². The molecule has 0 unspecified atom stereocenters. The van der Waals surface area contributed by atoms with Gasteiger partial charge >= 0.3 is 0 Å². The van der Waals surface area contributed by atoms with Gasteiger partial charge in [-0.2, -0.15) is 0 Å². The Morgan fingerprint density at radius 3 is 2.69 bits per heavy atom. The zero-order valence-corrected chi connectivity index (χ0v) is 9.77. The summed E-state index contributed by atoms with van der Waals surface area (Å²) >= 11 is 0. The van der Waals surface area contributed by atoms with Crippen LogP contribution < -0.4 is 0 Å². The van der Waals surface area contributed by atoms with Gasteiger partial charge in [0.25, 0.3) is 0 Å². The van der Waals surface area contributed by atoms with Gasteiger partial charge in [-0.15, -0.1) is 0 Å². The van der Waals surface area contributed by atoms with E-state index >= 15 is 0 Å². The summed E-state index contributed by atoms with van der Waals surface area (Å²) in [5, 5.41) is 3.58. The molecule has 5 nitrogen and oxygen atoms in total. The molecular formula is C11H20N4O. The maximum atomic E-state index is 8.21. The lowest BCUT2D eigenvalue weighted by Crippen LogP contribution is -2.48. The Morgan fingerprint density at radius 1 is 1.25 bits per heavy atom. The van der Waals surface area contributed by atoms with Gasteiger partial charge in [-0.1, -0.05) is 5.11 Å². The van der Waals surface area contributed by atoms with E-state index in [-0.39, 0.29) is 5.60 Å². The monoisotopic (exact) mass is 224 g/mol. The lowest BCUT2D eigenvalue weighted by Gasteiger charge is -2.43. The highest BCUT2D eigenvalue weighted by Gasteiger charge is 2.36. The van der Waals surface area contributed by atoms with Gasteiger partial charge in [0.15, 0.2) is 0 Å². The van der Waals surface area contributed by atoms with E-state index in [4.69, 9.17) is 10.3 Å². The summed E-state index contributed by atoms with van der Waals surface area (Å²) < 4.78 is 5.97. The molecule has 2 heterocycles. The van der Waals surface area contributed by atoms with Gasteiger partial charge in [0, 0.05) is 37.7 Å². The van der Waals surface area contributed by atoms with E-state index in [1.54, 1.807) is 0 Å². The summed E-state index contributed by atoms with van der Waals surface area (Å²) in [5.74, 6) is 0. The topological polar surface area (TPSA) is 61.2 Å². The first-order chi connectivity index (χ1) is 7.85. The Balaban J connectivity index is 1.75. The standard InChI is InChI=1S/C11H20N4O/c12-14-13-6-9-15-7-4-11(5-8-15)3-1-2-10-16-11/h1-10H2. The number of ether oxygens (including phenoxy) is 1. The number of piperidine rings is 1. The first-order valence-corrected chi connectivity index (χ1v) is 6.22. The normalized spacial score (nSPS) is 25.2. The van der Waals surface area contributed by atoms with Crippen LogP contribution in [0.1, 0.15) is 32.1 Å². The fourth-order valence-corrected chi connectivity index (χ4v) is 2.72. The second-order valence-electron chi connectivity index (χ2n) is 4.78. The smallest absolute Gasteiger partial charge is 0.0706 e. The van der Waals surface area contributed by atoms with Crippen molar-refractivity contribution >= 4 is 0 Å². The summed E-state index contributed by atoms with van der Waals surface area (Å²) in [6.45, 7) is 4.59. The first kappa shape index (κ1) is 11.7. The van der Waals surface area contributed by atoms with Crippen molar-refractivity contribution < 1.29 is 4.74 Å². The van der Waals surface area contributed by atoms with Crippen LogP contribution in [0.2, 0.25) is 0 Å². The lowest BCUT2D eigenvalue weighted by atomic mass is 9.84. The summed E-state index contributed by atoms with van der Waals surface area (Å²) in [6.07, 6.45) is 6.06. The number of likely N-dealkylation sites (tertiary alicyclic amines) is 1. The molecule has 2 fully saturated rings. The average molecular weight is 224 g/mol. The number of azide groups is 1. The Labute approximate surface area is 96.4 Å². The molecule has 0 N–H and O–H groups in total. The fraction of sp³-hybridized carbons (Fsp3) is 1.00. The summed E-state index contributed by atoms with van der Waals surface area (Å²) in [7, 11) is 0. The van der Waals surface area contributed by atoms with Gasteiger partial charge in [0.05, 0.1) is 5.60 Å². The molecule has 1 spiro atoms. The van der Waals surface area contributed by atoms with Gasteiger partial charge in [0.2, 0.25) is 0 Å². The molecule has 0 aliphatic carbocycles. The van der Waals surface area contributed by atoms with E-state index in [2.05, 4.69) is 14.9 Å². The molecule has 0 bridgehead atoms. The molecule has 5 heteroatoms. The molecular weight excluding hydrogens is 204 g/mol. The molecule has 0 aromatic rings. The maximum Gasteiger partial charge on any atom is 0.0706 e. The van der Waals surface area contributed by atoms with Crippen LogP contribution in [-0.2, 0) is 4.74 Å². The van der Waals surface area contributed by atoms with E-state index in [1.807, 2.05) is 0 Å². The van der Waals surface area contributed by atoms with Gasteiger partial charge in [-0.05, 0) is 37.6 Å². The molecule has 2 aliphatic rings. The van der Waals surface area contributed by atoms with Crippen molar-refractivity contribution in [3.05, 3.63) is 10.4 Å². The quantitative estimate of drug-likeness (QED) is 0.419. The first-order valence-electron chi connectivity index (χ1n) is 6.22. The number of rotatable bonds is 3. The Kier molecular flexibility index (Phi) is 4.04. The Hall–Kier alpha value is -0.770. The molecule has 0 amide bonds. The highest BCUT2D eigenvalue weighted by molar-refractivity contribution is 4.89. The fourth-order valence-electron chi connectivity index (χ4n) is 2.72. The lowest BCUT2D eigenvalue weighted by molar-refractivity contribution is -0.110. The average Bonchev–Trinajstić information content (AvgIpc) is 2.33. The molecule has 0 atom stereocenters. The SMILES string of the molecule is [N-]=[N+]=NCCN1CCC2(CCCCO2)CC1. The van der Waals surface area contributed by atoms with E-state index in [1.165, 1.54) is 19.3 Å². The van der Waals surface area contributed by atoms with Crippen LogP contribution in [0.5, 0.6) is 0 Å². The molecule has 2 saturated heterocycles. The summed E-state index contributed by atoms with van der Waals surface area (Å²) in [5.41, 5.74) is 8.40. The van der Waals surface area contributed by atoms with Crippen molar-refractivity contribution in [2.75, 3.05) is 32.8 Å². The number of hydrogen-bond donors (Lipinski definition) is 0. The number of nitrogens with zero attached hydrogens (tertiary/aromatic N) is 4. The molecule has 0 aromatic heterocycles. The minimum atomic E-state index is 0.188. The second kappa shape index (κ2) is 5.53. The number of hydrogen-bond acceptors (Lipinski definition) is 3. The van der Waals surface area contributed by atoms with E-state index in [0.717, 1.165) is 39.1 Å². The minimum Gasteiger partial charge on any atom is -0.375 e. The van der Waals surface area contributed by atoms with Gasteiger partial charge in [0.1, 0.15) is 0 Å². The highest BCUT2D eigenvalue weighted by Crippen LogP contribution is 2.34. The van der Waals surface area contributed by atoms with Gasteiger partial charge in [-0.25, -0.2) is 0 Å². The Bertz CT molecular complexity index is 259. The molecule has 2 aliphatic heterocycles. The van der Waals surface area contributed by atoms with Crippen molar-refractivity contribution in [1.29, 1.82) is 0 Å². The van der Waals surface area contributed by atoms with Gasteiger partial charge < -0.3 is 9.64 Å².